The molecule has 0 aliphatic rings. The normalized spacial score (nSPS) is 3.25. The Bertz CT molecular complexity index is 13.5. The molecule has 0 aliphatic carbocycles. The summed E-state index contributed by atoms with van der Waals surface area (Å²) < 4.78 is 0. The molecule has 0 heterocycles. The van der Waals surface area contributed by atoms with Crippen molar-refractivity contribution in [1.29, 1.82) is 0 Å². The van der Waals surface area contributed by atoms with Gasteiger partial charge in [0.05, 0.1) is 0 Å². The second kappa shape index (κ2) is 8.98. The first kappa shape index (κ1) is 8.90. The van der Waals surface area contributed by atoms with Gasteiger partial charge in [-0.25, -0.2) is 0 Å². The fourth-order valence-corrected chi connectivity index (χ4v) is 0. The smallest absolute Gasteiger partial charge is 0.195 e. The van der Waals surface area contributed by atoms with Crippen LogP contribution in [0.1, 0.15) is 6.92 Å². The van der Waals surface area contributed by atoms with Crippen molar-refractivity contribution in [3.8, 4) is 0 Å². The molecule has 0 spiro atoms. The van der Waals surface area contributed by atoms with Crippen LogP contribution in [0.15, 0.2) is 0 Å². The van der Waals surface area contributed by atoms with Crippen molar-refractivity contribution in [2.75, 3.05) is 0 Å². The summed E-state index contributed by atoms with van der Waals surface area (Å²) in [7, 11) is 0. The minimum Gasteiger partial charge on any atom is -0.291 e. The van der Waals surface area contributed by atoms with Crippen LogP contribution in [0.2, 0.25) is 0 Å². The van der Waals surface area contributed by atoms with Gasteiger partial charge in [0.15, 0.2) is 6.29 Å². The molecule has 0 amide bonds. The first-order valence-corrected chi connectivity index (χ1v) is 0.704. The monoisotopic (exact) mass is 185 g/mol. The van der Waals surface area contributed by atoms with Crippen LogP contribution in [0.25, 0.3) is 0 Å². The van der Waals surface area contributed by atoms with Crippen LogP contribution in [0.3, 0.4) is 0 Å². The maximum Gasteiger partial charge on any atom is 0.195 e. The number of rotatable bonds is 0. The Balaban J connectivity index is 0. The summed E-state index contributed by atoms with van der Waals surface area (Å²) in [5.41, 5.74) is 0. The van der Waals surface area contributed by atoms with Crippen LogP contribution in [-0.2, 0) is 4.79 Å². The second-order valence-electron chi connectivity index (χ2n) is 0.204. The Morgan fingerprint density at radius 3 is 1.75 bits per heavy atom. The Hall–Kier alpha value is 1.02. The standard InChI is InChI=1S/C2H3O.Nd/c1-2-3;/h1H3;. The molecular weight excluding hydrogens is 184 g/mol. The fourth-order valence-electron chi connectivity index (χ4n) is 0. The maximum atomic E-state index is 8.68. The molecular formula is C2H3NdO. The largest absolute Gasteiger partial charge is 0.291 e. The zero-order valence-corrected chi connectivity index (χ0v) is 5.62. The van der Waals surface area contributed by atoms with Crippen molar-refractivity contribution in [3.05, 3.63) is 0 Å². The minimum atomic E-state index is 0. The summed E-state index contributed by atoms with van der Waals surface area (Å²) in [6.07, 6.45) is 1.50. The minimum absolute atomic E-state index is 0. The number of hydrogen-bond acceptors (Lipinski definition) is 1. The molecule has 0 saturated heterocycles. The molecule has 0 aromatic heterocycles. The molecule has 1 radical (unpaired) electrons. The molecule has 0 bridgehead atoms. The summed E-state index contributed by atoms with van der Waals surface area (Å²) >= 11 is 0. The molecule has 0 rings (SSSR count). The van der Waals surface area contributed by atoms with Gasteiger partial charge in [0.1, 0.15) is 0 Å². The molecule has 0 unspecified atom stereocenters. The first-order chi connectivity index (χ1) is 1.41. The van der Waals surface area contributed by atoms with Crippen molar-refractivity contribution in [2.45, 2.75) is 6.92 Å². The Labute approximate surface area is 58.3 Å². The van der Waals surface area contributed by atoms with Gasteiger partial charge in [-0.1, -0.05) is 0 Å². The van der Waals surface area contributed by atoms with Gasteiger partial charge >= 0.3 is 0 Å². The number of carbonyl (C=O) groups excluding carboxylic acids is 1. The quantitative estimate of drug-likeness (QED) is 0.526. The average molecular weight is 187 g/mol. The molecule has 21 valence electrons. The van der Waals surface area contributed by atoms with Gasteiger partial charge in [0.25, 0.3) is 0 Å². The van der Waals surface area contributed by atoms with Gasteiger partial charge in [-0.3, -0.25) is 4.79 Å². The van der Waals surface area contributed by atoms with Crippen molar-refractivity contribution < 1.29 is 45.6 Å². The van der Waals surface area contributed by atoms with Crippen LogP contribution in [0.4, 0.5) is 0 Å². The van der Waals surface area contributed by atoms with E-state index in [0.717, 1.165) is 0 Å². The zero-order chi connectivity index (χ0) is 2.71. The van der Waals surface area contributed by atoms with Crippen LogP contribution in [-0.4, -0.2) is 6.29 Å². The molecule has 0 saturated carbocycles. The summed E-state index contributed by atoms with van der Waals surface area (Å²) in [6, 6.07) is 0. The Morgan fingerprint density at radius 1 is 1.75 bits per heavy atom. The third-order valence-electron chi connectivity index (χ3n) is 0. The molecule has 1 nitrogen and oxygen atoms in total. The van der Waals surface area contributed by atoms with E-state index in [1.807, 2.05) is 0 Å². The Morgan fingerprint density at radius 2 is 1.75 bits per heavy atom. The molecule has 0 aliphatic heterocycles. The van der Waals surface area contributed by atoms with E-state index >= 15 is 0 Å². The third kappa shape index (κ3) is 11.8. The summed E-state index contributed by atoms with van der Waals surface area (Å²) in [5, 5.41) is 0. The third-order valence-corrected chi connectivity index (χ3v) is 0. The molecule has 2 heteroatoms. The summed E-state index contributed by atoms with van der Waals surface area (Å²) in [5.74, 6) is 0. The van der Waals surface area contributed by atoms with E-state index in [2.05, 4.69) is 0 Å². The molecule has 0 N–H and O–H groups in total. The van der Waals surface area contributed by atoms with E-state index in [4.69, 9.17) is 4.79 Å². The topological polar surface area (TPSA) is 17.1 Å². The van der Waals surface area contributed by atoms with Crippen LogP contribution < -0.4 is 0 Å². The van der Waals surface area contributed by atoms with Crippen LogP contribution in [0.5, 0.6) is 0 Å². The van der Waals surface area contributed by atoms with Crippen molar-refractivity contribution in [2.24, 2.45) is 0 Å². The predicted octanol–water partition coefficient (Wildman–Crippen LogP) is 0.116. The van der Waals surface area contributed by atoms with Crippen molar-refractivity contribution >= 4 is 6.29 Å². The first-order valence-electron chi connectivity index (χ1n) is 0.704. The van der Waals surface area contributed by atoms with Gasteiger partial charge < -0.3 is 0 Å². The molecule has 4 heavy (non-hydrogen) atoms. The molecule has 0 fully saturated rings. The Kier molecular flexibility index (Phi) is 20.0. The average Bonchev–Trinajstić information content (AvgIpc) is 0.918. The predicted molar refractivity (Wildman–Crippen MR) is 11.4 cm³/mol. The molecule has 0 aromatic rings. The number of hydrogen-bond donors (Lipinski definition) is 0. The van der Waals surface area contributed by atoms with Gasteiger partial charge in [-0.15, -0.1) is 0 Å². The van der Waals surface area contributed by atoms with Crippen molar-refractivity contribution in [3.63, 3.8) is 0 Å². The maximum absolute atomic E-state index is 8.68. The van der Waals surface area contributed by atoms with E-state index in [1.54, 1.807) is 0 Å². The SMILES string of the molecule is C[C]=O.[Nd]. The van der Waals surface area contributed by atoms with Crippen molar-refractivity contribution in [1.82, 2.24) is 0 Å². The van der Waals surface area contributed by atoms with Gasteiger partial charge in [-0.2, -0.15) is 0 Å². The van der Waals surface area contributed by atoms with E-state index < -0.39 is 0 Å². The van der Waals surface area contributed by atoms with Crippen LogP contribution in [0, 0.1) is 40.8 Å². The van der Waals surface area contributed by atoms with Gasteiger partial charge in [0.2, 0.25) is 0 Å². The van der Waals surface area contributed by atoms with E-state index in [9.17, 15) is 0 Å². The molecule has 0 atom stereocenters. The van der Waals surface area contributed by atoms with Gasteiger partial charge in [-0.05, 0) is 0 Å². The fraction of sp³-hybridized carbons (Fsp3) is 0.500. The van der Waals surface area contributed by atoms with Gasteiger partial charge in [0, 0.05) is 47.8 Å². The van der Waals surface area contributed by atoms with E-state index in [0.29, 0.717) is 0 Å². The van der Waals surface area contributed by atoms with Crippen LogP contribution >= 0.6 is 0 Å². The zero-order valence-electron chi connectivity index (χ0n) is 2.41. The summed E-state index contributed by atoms with van der Waals surface area (Å²) in [4.78, 5) is 8.68. The molecule has 0 aromatic carbocycles. The van der Waals surface area contributed by atoms with E-state index in [1.165, 1.54) is 13.2 Å². The summed E-state index contributed by atoms with van der Waals surface area (Å²) in [6.45, 7) is 1.32. The van der Waals surface area contributed by atoms with E-state index in [-0.39, 0.29) is 40.8 Å². The second-order valence-corrected chi connectivity index (χ2v) is 0.204.